The Hall–Kier alpha value is -2.08. The molecule has 0 bridgehead atoms. The van der Waals surface area contributed by atoms with Gasteiger partial charge in [-0.05, 0) is 19.1 Å². The Morgan fingerprint density at radius 3 is 2.89 bits per heavy atom. The number of aliphatic imine (C=N–C) groups is 1. The van der Waals surface area contributed by atoms with Crippen LogP contribution in [-0.2, 0) is 4.79 Å². The highest BCUT2D eigenvalue weighted by Crippen LogP contribution is 2.21. The average Bonchev–Trinajstić information content (AvgIpc) is 2.78. The highest BCUT2D eigenvalue weighted by molar-refractivity contribution is 5.98. The zero-order valence-electron chi connectivity index (χ0n) is 10.5. The van der Waals surface area contributed by atoms with Crippen LogP contribution in [0.2, 0.25) is 0 Å². The van der Waals surface area contributed by atoms with Gasteiger partial charge in [-0.15, -0.1) is 0 Å². The van der Waals surface area contributed by atoms with Gasteiger partial charge in [-0.3, -0.25) is 10.1 Å². The molecule has 2 rings (SSSR count). The van der Waals surface area contributed by atoms with E-state index in [1.807, 2.05) is 13.0 Å². The summed E-state index contributed by atoms with van der Waals surface area (Å²) in [6.07, 6.45) is 0.693. The standard InChI is InChI=1S/C12H15N3O3/c1-7-4-5-9(18-7)6-10-11(17)14-12(15(10)3)13-8(2)16/h4-6,11,17H,1-3H3,(H,13,14,16). The Kier molecular flexibility index (Phi) is 3.20. The molecule has 0 saturated carbocycles. The van der Waals surface area contributed by atoms with Crippen LogP contribution >= 0.6 is 0 Å². The van der Waals surface area contributed by atoms with Crippen molar-refractivity contribution in [3.63, 3.8) is 0 Å². The third-order valence-corrected chi connectivity index (χ3v) is 2.55. The van der Waals surface area contributed by atoms with E-state index in [4.69, 9.17) is 4.42 Å². The van der Waals surface area contributed by atoms with Crippen LogP contribution in [0.1, 0.15) is 18.4 Å². The van der Waals surface area contributed by atoms with Crippen molar-refractivity contribution in [3.05, 3.63) is 29.4 Å². The second-order valence-corrected chi connectivity index (χ2v) is 4.08. The summed E-state index contributed by atoms with van der Waals surface area (Å²) in [4.78, 5) is 16.5. The number of furan rings is 1. The predicted molar refractivity (Wildman–Crippen MR) is 66.4 cm³/mol. The third kappa shape index (κ3) is 2.43. The van der Waals surface area contributed by atoms with Gasteiger partial charge in [-0.25, -0.2) is 4.99 Å². The molecule has 0 saturated heterocycles. The summed E-state index contributed by atoms with van der Waals surface area (Å²) < 4.78 is 5.41. The molecule has 0 aromatic carbocycles. The molecular formula is C12H15N3O3. The Morgan fingerprint density at radius 1 is 1.61 bits per heavy atom. The fourth-order valence-corrected chi connectivity index (χ4v) is 1.69. The van der Waals surface area contributed by atoms with Crippen LogP contribution in [0.5, 0.6) is 0 Å². The molecule has 0 spiro atoms. The Bertz CT molecular complexity index is 530. The van der Waals surface area contributed by atoms with Gasteiger partial charge in [-0.1, -0.05) is 0 Å². The number of hydrogen-bond acceptors (Lipinski definition) is 5. The average molecular weight is 249 g/mol. The van der Waals surface area contributed by atoms with Gasteiger partial charge in [0.2, 0.25) is 11.9 Å². The van der Waals surface area contributed by atoms with Crippen LogP contribution in [0.3, 0.4) is 0 Å². The zero-order valence-corrected chi connectivity index (χ0v) is 10.5. The van der Waals surface area contributed by atoms with Crippen molar-refractivity contribution < 1.29 is 14.3 Å². The first kappa shape index (κ1) is 12.4. The van der Waals surface area contributed by atoms with Crippen molar-refractivity contribution in [3.8, 4) is 0 Å². The first-order valence-electron chi connectivity index (χ1n) is 5.52. The zero-order chi connectivity index (χ0) is 13.3. The molecule has 1 unspecified atom stereocenters. The quantitative estimate of drug-likeness (QED) is 0.767. The lowest BCUT2D eigenvalue weighted by molar-refractivity contribution is -0.117. The van der Waals surface area contributed by atoms with Crippen molar-refractivity contribution >= 4 is 17.9 Å². The second kappa shape index (κ2) is 4.66. The van der Waals surface area contributed by atoms with E-state index in [0.29, 0.717) is 17.4 Å². The van der Waals surface area contributed by atoms with Gasteiger partial charge in [0.25, 0.3) is 0 Å². The van der Waals surface area contributed by atoms with Crippen LogP contribution in [0.15, 0.2) is 27.2 Å². The van der Waals surface area contributed by atoms with Crippen molar-refractivity contribution in [2.75, 3.05) is 7.05 Å². The monoisotopic (exact) mass is 249 g/mol. The number of aliphatic hydroxyl groups is 1. The van der Waals surface area contributed by atoms with E-state index < -0.39 is 6.23 Å². The van der Waals surface area contributed by atoms with E-state index in [1.54, 1.807) is 24.1 Å². The van der Waals surface area contributed by atoms with Crippen molar-refractivity contribution in [1.29, 1.82) is 0 Å². The molecule has 2 heterocycles. The van der Waals surface area contributed by atoms with E-state index in [9.17, 15) is 9.90 Å². The molecule has 1 aromatic rings. The lowest BCUT2D eigenvalue weighted by Crippen LogP contribution is -2.37. The van der Waals surface area contributed by atoms with Crippen LogP contribution in [-0.4, -0.2) is 35.1 Å². The number of nitrogens with one attached hydrogen (secondary N) is 1. The van der Waals surface area contributed by atoms with Crippen molar-refractivity contribution in [1.82, 2.24) is 10.2 Å². The van der Waals surface area contributed by atoms with Crippen LogP contribution in [0.4, 0.5) is 0 Å². The van der Waals surface area contributed by atoms with Crippen LogP contribution in [0.25, 0.3) is 6.08 Å². The fraction of sp³-hybridized carbons (Fsp3) is 0.333. The number of aliphatic hydroxyl groups excluding tert-OH is 1. The highest BCUT2D eigenvalue weighted by atomic mass is 16.3. The molecule has 1 amide bonds. The number of carbonyl (C=O) groups is 1. The maximum atomic E-state index is 11.0. The van der Waals surface area contributed by atoms with Gasteiger partial charge >= 0.3 is 0 Å². The molecule has 18 heavy (non-hydrogen) atoms. The summed E-state index contributed by atoms with van der Waals surface area (Å²) >= 11 is 0. The predicted octanol–water partition coefficient (Wildman–Crippen LogP) is 0.685. The number of hydrogen-bond donors (Lipinski definition) is 2. The summed E-state index contributed by atoms with van der Waals surface area (Å²) in [5.41, 5.74) is 0.549. The van der Waals surface area contributed by atoms with E-state index in [2.05, 4.69) is 10.3 Å². The summed E-state index contributed by atoms with van der Waals surface area (Å²) in [5.74, 6) is 1.51. The Balaban J connectivity index is 2.22. The minimum absolute atomic E-state index is 0.233. The second-order valence-electron chi connectivity index (χ2n) is 4.08. The Labute approximate surface area is 105 Å². The number of nitrogens with zero attached hydrogens (tertiary/aromatic N) is 2. The van der Waals surface area contributed by atoms with E-state index in [-0.39, 0.29) is 5.91 Å². The number of guanidine groups is 1. The maximum Gasteiger partial charge on any atom is 0.223 e. The number of aryl methyl sites for hydroxylation is 1. The molecule has 1 aliphatic heterocycles. The van der Waals surface area contributed by atoms with Crippen molar-refractivity contribution in [2.45, 2.75) is 20.1 Å². The third-order valence-electron chi connectivity index (χ3n) is 2.55. The molecule has 0 radical (unpaired) electrons. The molecule has 1 aromatic heterocycles. The summed E-state index contributed by atoms with van der Waals surface area (Å²) in [6, 6.07) is 3.64. The largest absolute Gasteiger partial charge is 0.462 e. The van der Waals surface area contributed by atoms with Crippen LogP contribution < -0.4 is 5.32 Å². The molecule has 2 N–H and O–H groups in total. The molecule has 0 aliphatic carbocycles. The molecule has 6 nitrogen and oxygen atoms in total. The van der Waals surface area contributed by atoms with Gasteiger partial charge in [0.15, 0.2) is 6.23 Å². The van der Waals surface area contributed by atoms with Gasteiger partial charge in [0, 0.05) is 20.0 Å². The molecule has 1 atom stereocenters. The van der Waals surface area contributed by atoms with Crippen molar-refractivity contribution in [2.24, 2.45) is 4.99 Å². The normalized spacial score (nSPS) is 21.3. The van der Waals surface area contributed by atoms with Gasteiger partial charge in [0.05, 0.1) is 5.70 Å². The van der Waals surface area contributed by atoms with Gasteiger partial charge in [0.1, 0.15) is 11.5 Å². The number of carbonyl (C=O) groups excluding carboxylic acids is 1. The van der Waals surface area contributed by atoms with E-state index >= 15 is 0 Å². The number of likely N-dealkylation sites (N-methyl/N-ethyl adjacent to an activating group) is 1. The minimum atomic E-state index is -0.998. The lowest BCUT2D eigenvalue weighted by atomic mass is 10.3. The summed E-state index contributed by atoms with van der Waals surface area (Å²) in [7, 11) is 1.71. The SMILES string of the molecule is CC(=O)NC1=NC(O)C(=Cc2ccc(C)o2)N1C. The van der Waals surface area contributed by atoms with Gasteiger partial charge < -0.3 is 14.4 Å². The molecule has 96 valence electrons. The summed E-state index contributed by atoms with van der Waals surface area (Å²) in [6.45, 7) is 3.23. The number of rotatable bonds is 1. The Morgan fingerprint density at radius 2 is 2.33 bits per heavy atom. The minimum Gasteiger partial charge on any atom is -0.462 e. The van der Waals surface area contributed by atoms with E-state index in [0.717, 1.165) is 5.76 Å². The van der Waals surface area contributed by atoms with Gasteiger partial charge in [-0.2, -0.15) is 0 Å². The lowest BCUT2D eigenvalue weighted by Gasteiger charge is -2.16. The first-order chi connectivity index (χ1) is 8.47. The molecule has 0 fully saturated rings. The molecule has 1 aliphatic rings. The van der Waals surface area contributed by atoms with Crippen LogP contribution in [0, 0.1) is 6.92 Å². The molecule has 6 heteroatoms. The first-order valence-corrected chi connectivity index (χ1v) is 5.52. The fourth-order valence-electron chi connectivity index (χ4n) is 1.69. The highest BCUT2D eigenvalue weighted by Gasteiger charge is 2.27. The summed E-state index contributed by atoms with van der Waals surface area (Å²) in [5, 5.41) is 12.4. The molecular weight excluding hydrogens is 234 g/mol. The van der Waals surface area contributed by atoms with E-state index in [1.165, 1.54) is 6.92 Å². The maximum absolute atomic E-state index is 11.0. The smallest absolute Gasteiger partial charge is 0.223 e. The topological polar surface area (TPSA) is 78.1 Å². The number of amides is 1.